The summed E-state index contributed by atoms with van der Waals surface area (Å²) in [5.41, 5.74) is 2.61. The summed E-state index contributed by atoms with van der Waals surface area (Å²) < 4.78 is 5.28. The van der Waals surface area contributed by atoms with Crippen molar-refractivity contribution in [2.45, 2.75) is 26.3 Å². The molecule has 1 heterocycles. The summed E-state index contributed by atoms with van der Waals surface area (Å²) in [6.07, 6.45) is 3.79. The number of unbranched alkanes of at least 4 members (excludes halogenated alkanes) is 1. The highest BCUT2D eigenvalue weighted by Crippen LogP contribution is 2.12. The van der Waals surface area contributed by atoms with Crippen LogP contribution in [-0.2, 0) is 6.54 Å². The van der Waals surface area contributed by atoms with Gasteiger partial charge in [-0.15, -0.1) is 0 Å². The van der Waals surface area contributed by atoms with Gasteiger partial charge < -0.3 is 4.42 Å². The lowest BCUT2D eigenvalue weighted by molar-refractivity contribution is 0.0950. The van der Waals surface area contributed by atoms with Gasteiger partial charge in [0.15, 0.2) is 0 Å². The molecule has 0 unspecified atom stereocenters. The lowest BCUT2D eigenvalue weighted by Crippen LogP contribution is -2.31. The van der Waals surface area contributed by atoms with E-state index in [-0.39, 0.29) is 5.91 Å². The van der Waals surface area contributed by atoms with Crippen molar-refractivity contribution in [2.24, 2.45) is 5.84 Å². The van der Waals surface area contributed by atoms with Gasteiger partial charge >= 0.3 is 0 Å². The van der Waals surface area contributed by atoms with E-state index >= 15 is 0 Å². The second kappa shape index (κ2) is 6.30. The van der Waals surface area contributed by atoms with E-state index in [0.717, 1.165) is 19.4 Å². The SMILES string of the molecule is CCCCN(C)Cc1occc1C(=O)NN. The first-order valence-corrected chi connectivity index (χ1v) is 5.44. The van der Waals surface area contributed by atoms with Crippen LogP contribution in [0.4, 0.5) is 0 Å². The van der Waals surface area contributed by atoms with Gasteiger partial charge in [-0.3, -0.25) is 15.1 Å². The molecular weight excluding hydrogens is 206 g/mol. The average molecular weight is 225 g/mol. The maximum Gasteiger partial charge on any atom is 0.268 e. The molecule has 0 aromatic carbocycles. The molecular formula is C11H19N3O2. The number of carbonyl (C=O) groups excluding carboxylic acids is 1. The lowest BCUT2D eigenvalue weighted by Gasteiger charge is -2.14. The fourth-order valence-electron chi connectivity index (χ4n) is 1.50. The van der Waals surface area contributed by atoms with Gasteiger partial charge in [-0.2, -0.15) is 0 Å². The van der Waals surface area contributed by atoms with E-state index in [2.05, 4.69) is 17.2 Å². The van der Waals surface area contributed by atoms with Crippen LogP contribution in [0, 0.1) is 0 Å². The van der Waals surface area contributed by atoms with Crippen LogP contribution in [0.2, 0.25) is 0 Å². The molecule has 0 aliphatic heterocycles. The van der Waals surface area contributed by atoms with Crippen LogP contribution < -0.4 is 11.3 Å². The van der Waals surface area contributed by atoms with Gasteiger partial charge in [0.25, 0.3) is 5.91 Å². The van der Waals surface area contributed by atoms with E-state index in [4.69, 9.17) is 10.3 Å². The monoisotopic (exact) mass is 225 g/mol. The molecule has 5 nitrogen and oxygen atoms in total. The van der Waals surface area contributed by atoms with Crippen molar-refractivity contribution in [3.63, 3.8) is 0 Å². The molecule has 0 atom stereocenters. The third kappa shape index (κ3) is 3.36. The van der Waals surface area contributed by atoms with Crippen LogP contribution in [0.3, 0.4) is 0 Å². The molecule has 0 bridgehead atoms. The van der Waals surface area contributed by atoms with Crippen molar-refractivity contribution in [1.82, 2.24) is 10.3 Å². The van der Waals surface area contributed by atoms with Crippen molar-refractivity contribution in [2.75, 3.05) is 13.6 Å². The van der Waals surface area contributed by atoms with Gasteiger partial charge in [0.1, 0.15) is 5.76 Å². The predicted molar refractivity (Wildman–Crippen MR) is 61.6 cm³/mol. The Balaban J connectivity index is 2.59. The fourth-order valence-corrected chi connectivity index (χ4v) is 1.50. The Morgan fingerprint density at radius 1 is 1.62 bits per heavy atom. The molecule has 0 aliphatic rings. The summed E-state index contributed by atoms with van der Waals surface area (Å²) in [7, 11) is 2.00. The first-order chi connectivity index (χ1) is 7.69. The van der Waals surface area contributed by atoms with E-state index in [0.29, 0.717) is 17.9 Å². The highest BCUT2D eigenvalue weighted by molar-refractivity contribution is 5.94. The topological polar surface area (TPSA) is 71.5 Å². The van der Waals surface area contributed by atoms with E-state index < -0.39 is 0 Å². The number of carbonyl (C=O) groups is 1. The Kier molecular flexibility index (Phi) is 5.01. The number of rotatable bonds is 6. The number of hydrogen-bond acceptors (Lipinski definition) is 4. The van der Waals surface area contributed by atoms with Gasteiger partial charge in [-0.1, -0.05) is 13.3 Å². The van der Waals surface area contributed by atoms with Gasteiger partial charge in [-0.25, -0.2) is 5.84 Å². The number of hydrazine groups is 1. The summed E-state index contributed by atoms with van der Waals surface area (Å²) in [4.78, 5) is 13.5. The third-order valence-electron chi connectivity index (χ3n) is 2.43. The number of hydrogen-bond donors (Lipinski definition) is 2. The third-order valence-corrected chi connectivity index (χ3v) is 2.43. The Morgan fingerprint density at radius 2 is 2.38 bits per heavy atom. The second-order valence-electron chi connectivity index (χ2n) is 3.82. The van der Waals surface area contributed by atoms with Crippen LogP contribution in [0.1, 0.15) is 35.9 Å². The number of furan rings is 1. The number of nitrogen functional groups attached to an aromatic ring is 1. The first-order valence-electron chi connectivity index (χ1n) is 5.44. The zero-order chi connectivity index (χ0) is 12.0. The van der Waals surface area contributed by atoms with Gasteiger partial charge in [0, 0.05) is 0 Å². The van der Waals surface area contributed by atoms with E-state index in [1.807, 2.05) is 7.05 Å². The second-order valence-corrected chi connectivity index (χ2v) is 3.82. The van der Waals surface area contributed by atoms with Crippen LogP contribution in [0.15, 0.2) is 16.7 Å². The van der Waals surface area contributed by atoms with E-state index in [1.165, 1.54) is 6.26 Å². The normalized spacial score (nSPS) is 10.8. The van der Waals surface area contributed by atoms with Crippen molar-refractivity contribution in [3.8, 4) is 0 Å². The molecule has 1 aromatic heterocycles. The van der Waals surface area contributed by atoms with Crippen LogP contribution in [-0.4, -0.2) is 24.4 Å². The molecule has 0 saturated carbocycles. The van der Waals surface area contributed by atoms with Gasteiger partial charge in [0.2, 0.25) is 0 Å². The van der Waals surface area contributed by atoms with Crippen molar-refractivity contribution in [1.29, 1.82) is 0 Å². The Bertz CT molecular complexity index is 336. The first kappa shape index (κ1) is 12.7. The van der Waals surface area contributed by atoms with Crippen LogP contribution >= 0.6 is 0 Å². The molecule has 0 spiro atoms. The van der Waals surface area contributed by atoms with Crippen molar-refractivity contribution in [3.05, 3.63) is 23.7 Å². The summed E-state index contributed by atoms with van der Waals surface area (Å²) >= 11 is 0. The molecule has 0 aliphatic carbocycles. The highest BCUT2D eigenvalue weighted by Gasteiger charge is 2.14. The quantitative estimate of drug-likeness (QED) is 0.432. The summed E-state index contributed by atoms with van der Waals surface area (Å²) in [6.45, 7) is 3.75. The standard InChI is InChI=1S/C11H19N3O2/c1-3-4-6-14(2)8-10-9(5-7-16-10)11(15)13-12/h5,7H,3-4,6,8,12H2,1-2H3,(H,13,15). The minimum atomic E-state index is -0.312. The lowest BCUT2D eigenvalue weighted by atomic mass is 10.2. The average Bonchev–Trinajstić information content (AvgIpc) is 2.73. The molecule has 1 rings (SSSR count). The van der Waals surface area contributed by atoms with Crippen molar-refractivity contribution < 1.29 is 9.21 Å². The number of nitrogens with two attached hydrogens (primary N) is 1. The molecule has 0 saturated heterocycles. The molecule has 0 radical (unpaired) electrons. The van der Waals surface area contributed by atoms with E-state index in [9.17, 15) is 4.79 Å². The Hall–Kier alpha value is -1.33. The van der Waals surface area contributed by atoms with Gasteiger partial charge in [0.05, 0.1) is 18.4 Å². The molecule has 5 heteroatoms. The molecule has 3 N–H and O–H groups in total. The smallest absolute Gasteiger partial charge is 0.268 e. The number of nitrogens with one attached hydrogen (secondary N) is 1. The summed E-state index contributed by atoms with van der Waals surface area (Å²) in [5.74, 6) is 5.43. The number of amides is 1. The maximum absolute atomic E-state index is 11.4. The van der Waals surface area contributed by atoms with Crippen LogP contribution in [0.25, 0.3) is 0 Å². The largest absolute Gasteiger partial charge is 0.467 e. The Morgan fingerprint density at radius 3 is 3.00 bits per heavy atom. The minimum absolute atomic E-state index is 0.312. The summed E-state index contributed by atoms with van der Waals surface area (Å²) in [6, 6.07) is 1.63. The molecule has 90 valence electrons. The number of nitrogens with zero attached hydrogens (tertiary/aromatic N) is 1. The molecule has 1 aromatic rings. The van der Waals surface area contributed by atoms with Crippen LogP contribution in [0.5, 0.6) is 0 Å². The zero-order valence-corrected chi connectivity index (χ0v) is 9.82. The predicted octanol–water partition coefficient (Wildman–Crippen LogP) is 1.11. The molecule has 0 fully saturated rings. The van der Waals surface area contributed by atoms with Gasteiger partial charge in [-0.05, 0) is 26.1 Å². The zero-order valence-electron chi connectivity index (χ0n) is 9.82. The van der Waals surface area contributed by atoms with Crippen molar-refractivity contribution >= 4 is 5.91 Å². The molecule has 1 amide bonds. The minimum Gasteiger partial charge on any atom is -0.467 e. The summed E-state index contributed by atoms with van der Waals surface area (Å²) in [5, 5.41) is 0. The Labute approximate surface area is 95.6 Å². The fraction of sp³-hybridized carbons (Fsp3) is 0.545. The highest BCUT2D eigenvalue weighted by atomic mass is 16.3. The van der Waals surface area contributed by atoms with E-state index in [1.54, 1.807) is 6.07 Å². The maximum atomic E-state index is 11.4. The molecule has 16 heavy (non-hydrogen) atoms.